The Morgan fingerprint density at radius 3 is 1.94 bits per heavy atom. The Balaban J connectivity index is 1.71. The standard InChI is InChI=1S/C26H24O7/c1-29-21-7-5-6-17(14-21)8-13-22(27)18-9-11-20(12-10-18)33-26(28)19-15-23(30-2)25(32-4)24(16-19)31-3/h5-16H,1-4H3/b13-8+. The van der Waals surface area contributed by atoms with Crippen molar-refractivity contribution in [3.63, 3.8) is 0 Å². The predicted molar refractivity (Wildman–Crippen MR) is 124 cm³/mol. The topological polar surface area (TPSA) is 80.3 Å². The summed E-state index contributed by atoms with van der Waals surface area (Å²) in [5.74, 6) is 1.28. The van der Waals surface area contributed by atoms with Crippen LogP contribution < -0.4 is 23.7 Å². The number of benzene rings is 3. The van der Waals surface area contributed by atoms with Crippen LogP contribution in [-0.4, -0.2) is 40.2 Å². The summed E-state index contributed by atoms with van der Waals surface area (Å²) in [5, 5.41) is 0. The number of rotatable bonds is 9. The lowest BCUT2D eigenvalue weighted by molar-refractivity contribution is 0.0733. The lowest BCUT2D eigenvalue weighted by atomic mass is 10.1. The van der Waals surface area contributed by atoms with Crippen LogP contribution in [0.5, 0.6) is 28.7 Å². The highest BCUT2D eigenvalue weighted by Crippen LogP contribution is 2.38. The molecule has 0 aromatic heterocycles. The maximum atomic E-state index is 12.6. The maximum Gasteiger partial charge on any atom is 0.343 e. The van der Waals surface area contributed by atoms with Gasteiger partial charge in [0.15, 0.2) is 17.3 Å². The zero-order valence-electron chi connectivity index (χ0n) is 18.8. The van der Waals surface area contributed by atoms with Gasteiger partial charge in [-0.25, -0.2) is 4.79 Å². The Labute approximate surface area is 192 Å². The molecule has 7 nitrogen and oxygen atoms in total. The van der Waals surface area contributed by atoms with Gasteiger partial charge in [-0.1, -0.05) is 18.2 Å². The van der Waals surface area contributed by atoms with Crippen molar-refractivity contribution in [2.45, 2.75) is 0 Å². The van der Waals surface area contributed by atoms with Crippen LogP contribution in [0.1, 0.15) is 26.3 Å². The number of hydrogen-bond donors (Lipinski definition) is 0. The van der Waals surface area contributed by atoms with Crippen molar-refractivity contribution in [3.05, 3.63) is 83.4 Å². The molecule has 0 amide bonds. The average Bonchev–Trinajstić information content (AvgIpc) is 2.86. The molecule has 0 saturated carbocycles. The quantitative estimate of drug-likeness (QED) is 0.201. The molecule has 0 atom stereocenters. The third kappa shape index (κ3) is 5.71. The van der Waals surface area contributed by atoms with Gasteiger partial charge in [0.05, 0.1) is 34.0 Å². The molecule has 170 valence electrons. The molecule has 0 fully saturated rings. The van der Waals surface area contributed by atoms with Crippen molar-refractivity contribution in [1.29, 1.82) is 0 Å². The summed E-state index contributed by atoms with van der Waals surface area (Å²) in [6, 6.07) is 16.7. The van der Waals surface area contributed by atoms with E-state index in [4.69, 9.17) is 23.7 Å². The Morgan fingerprint density at radius 2 is 1.36 bits per heavy atom. The van der Waals surface area contributed by atoms with Crippen LogP contribution in [-0.2, 0) is 0 Å². The highest BCUT2D eigenvalue weighted by molar-refractivity contribution is 6.07. The van der Waals surface area contributed by atoms with Crippen LogP contribution in [0, 0.1) is 0 Å². The van der Waals surface area contributed by atoms with Crippen molar-refractivity contribution >= 4 is 17.8 Å². The smallest absolute Gasteiger partial charge is 0.343 e. The summed E-state index contributed by atoms with van der Waals surface area (Å²) in [6.45, 7) is 0. The van der Waals surface area contributed by atoms with E-state index in [1.54, 1.807) is 37.5 Å². The summed E-state index contributed by atoms with van der Waals surface area (Å²) in [6.07, 6.45) is 3.19. The van der Waals surface area contributed by atoms with Gasteiger partial charge in [0, 0.05) is 5.56 Å². The van der Waals surface area contributed by atoms with E-state index in [0.29, 0.717) is 34.3 Å². The van der Waals surface area contributed by atoms with Gasteiger partial charge in [-0.15, -0.1) is 0 Å². The third-order valence-corrected chi connectivity index (χ3v) is 4.77. The first-order valence-corrected chi connectivity index (χ1v) is 9.97. The fourth-order valence-electron chi connectivity index (χ4n) is 3.07. The van der Waals surface area contributed by atoms with Gasteiger partial charge in [-0.3, -0.25) is 4.79 Å². The van der Waals surface area contributed by atoms with E-state index in [1.165, 1.54) is 39.5 Å². The fourth-order valence-corrected chi connectivity index (χ4v) is 3.07. The number of carbonyl (C=O) groups excluding carboxylic acids is 2. The molecule has 0 aliphatic heterocycles. The molecule has 0 N–H and O–H groups in total. The van der Waals surface area contributed by atoms with E-state index in [-0.39, 0.29) is 11.3 Å². The summed E-state index contributed by atoms with van der Waals surface area (Å²) >= 11 is 0. The van der Waals surface area contributed by atoms with Crippen LogP contribution >= 0.6 is 0 Å². The molecule has 0 bridgehead atoms. The number of ether oxygens (including phenoxy) is 5. The number of hydrogen-bond acceptors (Lipinski definition) is 7. The van der Waals surface area contributed by atoms with E-state index < -0.39 is 5.97 Å². The molecule has 7 heteroatoms. The highest BCUT2D eigenvalue weighted by Gasteiger charge is 2.18. The Kier molecular flexibility index (Phi) is 7.70. The van der Waals surface area contributed by atoms with E-state index in [0.717, 1.165) is 5.56 Å². The summed E-state index contributed by atoms with van der Waals surface area (Å²) in [4.78, 5) is 25.1. The highest BCUT2D eigenvalue weighted by atomic mass is 16.5. The van der Waals surface area contributed by atoms with Crippen LogP contribution in [0.2, 0.25) is 0 Å². The zero-order valence-corrected chi connectivity index (χ0v) is 18.8. The number of esters is 1. The van der Waals surface area contributed by atoms with Crippen molar-refractivity contribution in [2.75, 3.05) is 28.4 Å². The maximum absolute atomic E-state index is 12.6. The molecule has 0 aliphatic carbocycles. The van der Waals surface area contributed by atoms with E-state index in [2.05, 4.69) is 0 Å². The minimum atomic E-state index is -0.605. The van der Waals surface area contributed by atoms with Gasteiger partial charge >= 0.3 is 5.97 Å². The van der Waals surface area contributed by atoms with Crippen LogP contribution in [0.25, 0.3) is 6.08 Å². The summed E-state index contributed by atoms with van der Waals surface area (Å²) < 4.78 is 26.4. The fraction of sp³-hybridized carbons (Fsp3) is 0.154. The molecular formula is C26H24O7. The van der Waals surface area contributed by atoms with Gasteiger partial charge < -0.3 is 23.7 Å². The lowest BCUT2D eigenvalue weighted by Crippen LogP contribution is -2.10. The third-order valence-electron chi connectivity index (χ3n) is 4.77. The first-order chi connectivity index (χ1) is 16.0. The largest absolute Gasteiger partial charge is 0.497 e. The van der Waals surface area contributed by atoms with E-state index >= 15 is 0 Å². The van der Waals surface area contributed by atoms with Crippen LogP contribution in [0.3, 0.4) is 0 Å². The molecule has 0 unspecified atom stereocenters. The van der Waals surface area contributed by atoms with E-state index in [9.17, 15) is 9.59 Å². The summed E-state index contributed by atoms with van der Waals surface area (Å²) in [7, 11) is 5.99. The van der Waals surface area contributed by atoms with Crippen LogP contribution in [0.4, 0.5) is 0 Å². The van der Waals surface area contributed by atoms with Gasteiger partial charge in [-0.05, 0) is 60.2 Å². The number of carbonyl (C=O) groups is 2. The van der Waals surface area contributed by atoms with E-state index in [1.807, 2.05) is 24.3 Å². The molecule has 0 saturated heterocycles. The Bertz CT molecular complexity index is 1140. The van der Waals surface area contributed by atoms with Gasteiger partial charge in [0.1, 0.15) is 11.5 Å². The first-order valence-electron chi connectivity index (χ1n) is 9.97. The zero-order chi connectivity index (χ0) is 23.8. The molecule has 3 aromatic carbocycles. The normalized spacial score (nSPS) is 10.5. The minimum Gasteiger partial charge on any atom is -0.497 e. The molecule has 33 heavy (non-hydrogen) atoms. The summed E-state index contributed by atoms with van der Waals surface area (Å²) in [5.41, 5.74) is 1.53. The number of allylic oxidation sites excluding steroid dienone is 1. The first kappa shape index (κ1) is 23.4. The SMILES string of the molecule is COc1cccc(/C=C/C(=O)c2ccc(OC(=O)c3cc(OC)c(OC)c(OC)c3)cc2)c1. The van der Waals surface area contributed by atoms with Crippen molar-refractivity contribution in [1.82, 2.24) is 0 Å². The van der Waals surface area contributed by atoms with Gasteiger partial charge in [0.25, 0.3) is 0 Å². The number of ketones is 1. The molecule has 0 heterocycles. The molecule has 0 aliphatic rings. The average molecular weight is 448 g/mol. The van der Waals surface area contributed by atoms with Crippen molar-refractivity contribution < 1.29 is 33.3 Å². The monoisotopic (exact) mass is 448 g/mol. The minimum absolute atomic E-state index is 0.180. The predicted octanol–water partition coefficient (Wildman–Crippen LogP) is 4.84. The van der Waals surface area contributed by atoms with Crippen LogP contribution in [0.15, 0.2) is 66.7 Å². The molecule has 3 rings (SSSR count). The van der Waals surface area contributed by atoms with Crippen molar-refractivity contribution in [2.24, 2.45) is 0 Å². The molecule has 0 spiro atoms. The second-order valence-electron chi connectivity index (χ2n) is 6.80. The molecule has 3 aromatic rings. The molecule has 0 radical (unpaired) electrons. The van der Waals surface area contributed by atoms with Gasteiger partial charge in [-0.2, -0.15) is 0 Å². The number of methoxy groups -OCH3 is 4. The lowest BCUT2D eigenvalue weighted by Gasteiger charge is -2.13. The Morgan fingerprint density at radius 1 is 0.697 bits per heavy atom. The Hall–Kier alpha value is -4.26. The van der Waals surface area contributed by atoms with Gasteiger partial charge in [0.2, 0.25) is 5.75 Å². The molecular weight excluding hydrogens is 424 g/mol. The second kappa shape index (κ2) is 10.9. The second-order valence-corrected chi connectivity index (χ2v) is 6.80. The van der Waals surface area contributed by atoms with Crippen molar-refractivity contribution in [3.8, 4) is 28.7 Å².